The Morgan fingerprint density at radius 1 is 1.21 bits per heavy atom. The number of carbonyl (C=O) groups excluding carboxylic acids is 1. The fourth-order valence-electron chi connectivity index (χ4n) is 4.25. The molecule has 6 heteroatoms. The van der Waals surface area contributed by atoms with Gasteiger partial charge in [0.1, 0.15) is 10.8 Å². The SMILES string of the molecule is COc1ccc(C=Nc2sc3c(c2C(=O)Nc2ccccc2)CC[C@@H](C(C)(C)C)C3)cc1Br. The molecule has 1 aliphatic rings. The van der Waals surface area contributed by atoms with Crippen LogP contribution in [0.15, 0.2) is 58.0 Å². The van der Waals surface area contributed by atoms with Gasteiger partial charge < -0.3 is 10.1 Å². The van der Waals surface area contributed by atoms with Crippen molar-refractivity contribution in [2.45, 2.75) is 40.0 Å². The first-order chi connectivity index (χ1) is 15.8. The van der Waals surface area contributed by atoms with E-state index in [0.29, 0.717) is 5.92 Å². The number of hydrogen-bond donors (Lipinski definition) is 1. The molecule has 1 amide bonds. The molecule has 1 heterocycles. The van der Waals surface area contributed by atoms with Gasteiger partial charge in [0.2, 0.25) is 0 Å². The van der Waals surface area contributed by atoms with Gasteiger partial charge in [-0.25, -0.2) is 4.99 Å². The van der Waals surface area contributed by atoms with Gasteiger partial charge in [0.25, 0.3) is 5.91 Å². The molecule has 172 valence electrons. The zero-order valence-corrected chi connectivity index (χ0v) is 21.8. The molecule has 33 heavy (non-hydrogen) atoms. The largest absolute Gasteiger partial charge is 0.496 e. The smallest absolute Gasteiger partial charge is 0.259 e. The van der Waals surface area contributed by atoms with Gasteiger partial charge in [-0.2, -0.15) is 0 Å². The van der Waals surface area contributed by atoms with Gasteiger partial charge in [0.05, 0.1) is 17.1 Å². The molecule has 0 radical (unpaired) electrons. The van der Waals surface area contributed by atoms with E-state index in [9.17, 15) is 4.79 Å². The van der Waals surface area contributed by atoms with Gasteiger partial charge in [-0.05, 0) is 88.0 Å². The fraction of sp³-hybridized carbons (Fsp3) is 0.333. The molecule has 0 saturated heterocycles. The lowest BCUT2D eigenvalue weighted by atomic mass is 9.72. The van der Waals surface area contributed by atoms with Gasteiger partial charge in [-0.15, -0.1) is 11.3 Å². The van der Waals surface area contributed by atoms with Crippen molar-refractivity contribution in [3.63, 3.8) is 0 Å². The van der Waals surface area contributed by atoms with E-state index in [2.05, 4.69) is 42.0 Å². The summed E-state index contributed by atoms with van der Waals surface area (Å²) >= 11 is 5.19. The first-order valence-corrected chi connectivity index (χ1v) is 12.8. The maximum atomic E-state index is 13.4. The van der Waals surface area contributed by atoms with E-state index in [1.165, 1.54) is 4.88 Å². The maximum Gasteiger partial charge on any atom is 0.259 e. The number of benzene rings is 2. The van der Waals surface area contributed by atoms with Crippen LogP contribution in [0.25, 0.3) is 0 Å². The molecule has 0 aliphatic heterocycles. The third-order valence-corrected chi connectivity index (χ3v) is 8.02. The van der Waals surface area contributed by atoms with Gasteiger partial charge in [-0.3, -0.25) is 4.79 Å². The molecule has 0 unspecified atom stereocenters. The number of thiophene rings is 1. The summed E-state index contributed by atoms with van der Waals surface area (Å²) in [5.74, 6) is 1.29. The maximum absolute atomic E-state index is 13.4. The molecule has 0 saturated carbocycles. The van der Waals surface area contributed by atoms with Crippen molar-refractivity contribution < 1.29 is 9.53 Å². The van der Waals surface area contributed by atoms with Gasteiger partial charge in [0, 0.05) is 16.8 Å². The van der Waals surface area contributed by atoms with Crippen molar-refractivity contribution in [1.29, 1.82) is 0 Å². The van der Waals surface area contributed by atoms with E-state index in [4.69, 9.17) is 9.73 Å². The van der Waals surface area contributed by atoms with Crippen molar-refractivity contribution in [2.24, 2.45) is 16.3 Å². The summed E-state index contributed by atoms with van der Waals surface area (Å²) in [5, 5.41) is 3.84. The number of ether oxygens (including phenoxy) is 1. The monoisotopic (exact) mass is 524 g/mol. The molecule has 3 aromatic rings. The number of nitrogens with one attached hydrogen (secondary N) is 1. The molecule has 1 aliphatic carbocycles. The van der Waals surface area contributed by atoms with Crippen LogP contribution in [-0.4, -0.2) is 19.2 Å². The summed E-state index contributed by atoms with van der Waals surface area (Å²) in [6.07, 6.45) is 4.82. The Kier molecular flexibility index (Phi) is 7.05. The molecule has 4 rings (SSSR count). The van der Waals surface area contributed by atoms with E-state index >= 15 is 0 Å². The van der Waals surface area contributed by atoms with Crippen LogP contribution in [0.5, 0.6) is 5.75 Å². The first kappa shape index (κ1) is 23.7. The van der Waals surface area contributed by atoms with Crippen LogP contribution >= 0.6 is 27.3 Å². The number of para-hydroxylation sites is 1. The molecule has 1 aromatic heterocycles. The van der Waals surface area contributed by atoms with Gasteiger partial charge in [-0.1, -0.05) is 39.0 Å². The summed E-state index contributed by atoms with van der Waals surface area (Å²) in [6.45, 7) is 6.92. The van der Waals surface area contributed by atoms with Crippen molar-refractivity contribution in [2.75, 3.05) is 12.4 Å². The molecule has 1 atom stereocenters. The highest BCUT2D eigenvalue weighted by molar-refractivity contribution is 9.10. The van der Waals surface area contributed by atoms with Crippen LogP contribution in [0, 0.1) is 11.3 Å². The molecule has 0 spiro atoms. The Morgan fingerprint density at radius 3 is 2.64 bits per heavy atom. The average molecular weight is 526 g/mol. The van der Waals surface area contributed by atoms with Gasteiger partial charge >= 0.3 is 0 Å². The van der Waals surface area contributed by atoms with E-state index in [1.54, 1.807) is 18.4 Å². The lowest BCUT2D eigenvalue weighted by Gasteiger charge is -2.33. The summed E-state index contributed by atoms with van der Waals surface area (Å²) in [4.78, 5) is 19.5. The molecule has 4 nitrogen and oxygen atoms in total. The minimum atomic E-state index is -0.0871. The van der Waals surface area contributed by atoms with E-state index in [-0.39, 0.29) is 11.3 Å². The third-order valence-electron chi connectivity index (χ3n) is 6.24. The Labute approximate surface area is 208 Å². The summed E-state index contributed by atoms with van der Waals surface area (Å²) in [5.41, 5.74) is 3.86. The summed E-state index contributed by atoms with van der Waals surface area (Å²) in [6, 6.07) is 15.4. The Morgan fingerprint density at radius 2 is 1.97 bits per heavy atom. The summed E-state index contributed by atoms with van der Waals surface area (Å²) < 4.78 is 6.19. The lowest BCUT2D eigenvalue weighted by molar-refractivity contribution is 0.102. The number of methoxy groups -OCH3 is 1. The zero-order valence-electron chi connectivity index (χ0n) is 19.4. The van der Waals surface area contributed by atoms with Crippen LogP contribution in [0.4, 0.5) is 10.7 Å². The number of fused-ring (bicyclic) bond motifs is 1. The van der Waals surface area contributed by atoms with Crippen LogP contribution in [0.1, 0.15) is 53.6 Å². The summed E-state index contributed by atoms with van der Waals surface area (Å²) in [7, 11) is 1.65. The predicted molar refractivity (Wildman–Crippen MR) is 142 cm³/mol. The molecular weight excluding hydrogens is 496 g/mol. The number of amides is 1. The second kappa shape index (κ2) is 9.82. The van der Waals surface area contributed by atoms with E-state index in [1.807, 2.05) is 54.7 Å². The standard InChI is InChI=1S/C27H29BrN2O2S/c1-27(2,3)18-11-12-20-23(15-18)33-26(24(20)25(31)30-19-8-6-5-7-9-19)29-16-17-10-13-22(32-4)21(28)14-17/h5-10,13-14,16,18H,11-12,15H2,1-4H3,(H,30,31)/t18-/m1/s1. The Bertz CT molecular complexity index is 1180. The number of anilines is 1. The Hall–Kier alpha value is -2.44. The highest BCUT2D eigenvalue weighted by Crippen LogP contribution is 2.45. The minimum absolute atomic E-state index is 0.0871. The van der Waals surface area contributed by atoms with Crippen LogP contribution in [0.2, 0.25) is 0 Å². The molecule has 1 N–H and O–H groups in total. The van der Waals surface area contributed by atoms with E-state index < -0.39 is 0 Å². The normalized spacial score (nSPS) is 16.0. The van der Waals surface area contributed by atoms with Crippen molar-refractivity contribution >= 4 is 50.1 Å². The topological polar surface area (TPSA) is 50.7 Å². The predicted octanol–water partition coefficient (Wildman–Crippen LogP) is 7.67. The number of hydrogen-bond acceptors (Lipinski definition) is 4. The van der Waals surface area contributed by atoms with Gasteiger partial charge in [0.15, 0.2) is 0 Å². The minimum Gasteiger partial charge on any atom is -0.496 e. The Balaban J connectivity index is 1.70. The molecule has 0 bridgehead atoms. The third kappa shape index (κ3) is 5.39. The van der Waals surface area contributed by atoms with Crippen molar-refractivity contribution in [1.82, 2.24) is 0 Å². The number of carbonyl (C=O) groups is 1. The first-order valence-electron chi connectivity index (χ1n) is 11.1. The average Bonchev–Trinajstić information content (AvgIpc) is 3.15. The molecule has 0 fully saturated rings. The van der Waals surface area contributed by atoms with Crippen molar-refractivity contribution in [3.05, 3.63) is 74.6 Å². The second-order valence-electron chi connectivity index (χ2n) is 9.46. The lowest BCUT2D eigenvalue weighted by Crippen LogP contribution is -2.27. The van der Waals surface area contributed by atoms with Crippen molar-refractivity contribution in [3.8, 4) is 5.75 Å². The highest BCUT2D eigenvalue weighted by atomic mass is 79.9. The van der Waals surface area contributed by atoms with Crippen LogP contribution in [-0.2, 0) is 12.8 Å². The highest BCUT2D eigenvalue weighted by Gasteiger charge is 2.33. The zero-order chi connectivity index (χ0) is 23.6. The fourth-order valence-corrected chi connectivity index (χ4v) is 6.07. The quantitative estimate of drug-likeness (QED) is 0.348. The number of nitrogens with zero attached hydrogens (tertiary/aromatic N) is 1. The van der Waals surface area contributed by atoms with Crippen LogP contribution < -0.4 is 10.1 Å². The number of halogens is 1. The van der Waals surface area contributed by atoms with E-state index in [0.717, 1.165) is 56.9 Å². The number of aliphatic imine (C=N–C) groups is 1. The number of rotatable bonds is 5. The molecular formula is C27H29BrN2O2S. The van der Waals surface area contributed by atoms with Crippen LogP contribution in [0.3, 0.4) is 0 Å². The second-order valence-corrected chi connectivity index (χ2v) is 11.4. The molecule has 2 aromatic carbocycles.